The van der Waals surface area contributed by atoms with Crippen LogP contribution in [0.4, 0.5) is 0 Å². The number of alkyl halides is 1. The van der Waals surface area contributed by atoms with Gasteiger partial charge in [-0.05, 0) is 31.6 Å². The van der Waals surface area contributed by atoms with Gasteiger partial charge in [0.1, 0.15) is 0 Å². The predicted octanol–water partition coefficient (Wildman–Crippen LogP) is 3.20. The standard InChI is InChI=1S/C12H22BrNO/c1-10(2)9-12(15)14-8-4-6-11(14)5-3-7-13/h10-11H,3-9H2,1-2H3. The van der Waals surface area contributed by atoms with Gasteiger partial charge in [-0.3, -0.25) is 4.79 Å². The lowest BCUT2D eigenvalue weighted by atomic mass is 10.1. The molecule has 0 aliphatic carbocycles. The molecule has 1 aliphatic rings. The van der Waals surface area contributed by atoms with Crippen molar-refractivity contribution < 1.29 is 4.79 Å². The molecule has 2 nitrogen and oxygen atoms in total. The molecule has 0 bridgehead atoms. The van der Waals surface area contributed by atoms with Gasteiger partial charge in [0.25, 0.3) is 0 Å². The molecule has 1 atom stereocenters. The molecule has 1 heterocycles. The first-order valence-electron chi connectivity index (χ1n) is 6.00. The molecule has 1 rings (SSSR count). The smallest absolute Gasteiger partial charge is 0.223 e. The summed E-state index contributed by atoms with van der Waals surface area (Å²) < 4.78 is 0. The molecule has 88 valence electrons. The molecule has 1 unspecified atom stereocenters. The van der Waals surface area contributed by atoms with Crippen molar-refractivity contribution in [2.75, 3.05) is 11.9 Å². The highest BCUT2D eigenvalue weighted by atomic mass is 79.9. The van der Waals surface area contributed by atoms with Crippen molar-refractivity contribution >= 4 is 21.8 Å². The second-order valence-corrected chi connectivity index (χ2v) is 5.61. The average molecular weight is 276 g/mol. The lowest BCUT2D eigenvalue weighted by Crippen LogP contribution is -2.36. The summed E-state index contributed by atoms with van der Waals surface area (Å²) in [6.07, 6.45) is 5.45. The molecular formula is C12H22BrNO. The quantitative estimate of drug-likeness (QED) is 0.706. The summed E-state index contributed by atoms with van der Waals surface area (Å²) >= 11 is 3.45. The number of hydrogen-bond acceptors (Lipinski definition) is 1. The van der Waals surface area contributed by atoms with Gasteiger partial charge in [-0.2, -0.15) is 0 Å². The third-order valence-electron chi connectivity index (χ3n) is 2.95. The minimum Gasteiger partial charge on any atom is -0.340 e. The molecule has 1 aliphatic heterocycles. The van der Waals surface area contributed by atoms with E-state index in [1.165, 1.54) is 19.3 Å². The average Bonchev–Trinajstić information content (AvgIpc) is 2.61. The summed E-state index contributed by atoms with van der Waals surface area (Å²) in [6.45, 7) is 5.21. The summed E-state index contributed by atoms with van der Waals surface area (Å²) in [6, 6.07) is 0.522. The number of carbonyl (C=O) groups excluding carboxylic acids is 1. The SMILES string of the molecule is CC(C)CC(=O)N1CCCC1CCCBr. The molecule has 1 fully saturated rings. The Morgan fingerprint density at radius 1 is 1.53 bits per heavy atom. The fraction of sp³-hybridized carbons (Fsp3) is 0.917. The van der Waals surface area contributed by atoms with E-state index in [0.29, 0.717) is 24.3 Å². The third kappa shape index (κ3) is 4.13. The lowest BCUT2D eigenvalue weighted by Gasteiger charge is -2.25. The predicted molar refractivity (Wildman–Crippen MR) is 67.2 cm³/mol. The number of amides is 1. The second-order valence-electron chi connectivity index (χ2n) is 4.81. The van der Waals surface area contributed by atoms with Gasteiger partial charge in [0.2, 0.25) is 5.91 Å². The Balaban J connectivity index is 2.41. The minimum absolute atomic E-state index is 0.363. The molecule has 1 saturated heterocycles. The Morgan fingerprint density at radius 2 is 2.27 bits per heavy atom. The first kappa shape index (κ1) is 13.0. The van der Waals surface area contributed by atoms with E-state index in [2.05, 4.69) is 34.7 Å². The zero-order chi connectivity index (χ0) is 11.3. The van der Waals surface area contributed by atoms with Crippen molar-refractivity contribution in [3.05, 3.63) is 0 Å². The maximum Gasteiger partial charge on any atom is 0.223 e. The van der Waals surface area contributed by atoms with Gasteiger partial charge in [-0.1, -0.05) is 29.8 Å². The number of hydrogen-bond donors (Lipinski definition) is 0. The third-order valence-corrected chi connectivity index (χ3v) is 3.51. The number of rotatable bonds is 5. The van der Waals surface area contributed by atoms with Gasteiger partial charge >= 0.3 is 0 Å². The fourth-order valence-corrected chi connectivity index (χ4v) is 2.57. The van der Waals surface area contributed by atoms with Crippen LogP contribution in [0.5, 0.6) is 0 Å². The zero-order valence-corrected chi connectivity index (χ0v) is 11.4. The van der Waals surface area contributed by atoms with E-state index in [1.54, 1.807) is 0 Å². The van der Waals surface area contributed by atoms with Crippen LogP contribution in [0.25, 0.3) is 0 Å². The molecule has 0 aromatic carbocycles. The molecule has 1 amide bonds. The van der Waals surface area contributed by atoms with E-state index in [-0.39, 0.29) is 0 Å². The van der Waals surface area contributed by atoms with E-state index < -0.39 is 0 Å². The minimum atomic E-state index is 0.363. The van der Waals surface area contributed by atoms with Crippen molar-refractivity contribution in [2.45, 2.75) is 52.0 Å². The zero-order valence-electron chi connectivity index (χ0n) is 9.84. The van der Waals surface area contributed by atoms with Crippen LogP contribution in [0.15, 0.2) is 0 Å². The summed E-state index contributed by atoms with van der Waals surface area (Å²) in [7, 11) is 0. The Labute approximate surface area is 102 Å². The Bertz CT molecular complexity index is 206. The Kier molecular flexibility index (Phi) is 5.65. The maximum absolute atomic E-state index is 11.9. The van der Waals surface area contributed by atoms with Crippen LogP contribution in [-0.2, 0) is 4.79 Å². The van der Waals surface area contributed by atoms with Crippen LogP contribution >= 0.6 is 15.9 Å². The second kappa shape index (κ2) is 6.51. The lowest BCUT2D eigenvalue weighted by molar-refractivity contribution is -0.132. The molecule has 15 heavy (non-hydrogen) atoms. The normalized spacial score (nSPS) is 21.3. The highest BCUT2D eigenvalue weighted by Gasteiger charge is 2.27. The van der Waals surface area contributed by atoms with Gasteiger partial charge in [0, 0.05) is 24.3 Å². The molecule has 0 spiro atoms. The summed E-state index contributed by atoms with van der Waals surface area (Å²) in [5.74, 6) is 0.844. The van der Waals surface area contributed by atoms with Crippen molar-refractivity contribution in [1.29, 1.82) is 0 Å². The van der Waals surface area contributed by atoms with Gasteiger partial charge in [0.05, 0.1) is 0 Å². The van der Waals surface area contributed by atoms with E-state index in [9.17, 15) is 4.79 Å². The van der Waals surface area contributed by atoms with E-state index >= 15 is 0 Å². The molecular weight excluding hydrogens is 254 g/mol. The van der Waals surface area contributed by atoms with Crippen LogP contribution < -0.4 is 0 Å². The van der Waals surface area contributed by atoms with Crippen molar-refractivity contribution in [3.63, 3.8) is 0 Å². The van der Waals surface area contributed by atoms with Gasteiger partial charge in [-0.15, -0.1) is 0 Å². The summed E-state index contributed by atoms with van der Waals surface area (Å²) in [5, 5.41) is 1.05. The van der Waals surface area contributed by atoms with Crippen LogP contribution in [-0.4, -0.2) is 28.7 Å². The van der Waals surface area contributed by atoms with Crippen molar-refractivity contribution in [2.24, 2.45) is 5.92 Å². The van der Waals surface area contributed by atoms with Crippen LogP contribution in [0.2, 0.25) is 0 Å². The van der Waals surface area contributed by atoms with Gasteiger partial charge < -0.3 is 4.90 Å². The summed E-state index contributed by atoms with van der Waals surface area (Å²) in [4.78, 5) is 14.1. The van der Waals surface area contributed by atoms with Gasteiger partial charge in [-0.25, -0.2) is 0 Å². The molecule has 0 aromatic heterocycles. The molecule has 0 radical (unpaired) electrons. The summed E-state index contributed by atoms with van der Waals surface area (Å²) in [5.41, 5.74) is 0. The molecule has 3 heteroatoms. The molecule has 0 N–H and O–H groups in total. The first-order chi connectivity index (χ1) is 7.15. The van der Waals surface area contributed by atoms with E-state index in [1.807, 2.05) is 0 Å². The monoisotopic (exact) mass is 275 g/mol. The topological polar surface area (TPSA) is 20.3 Å². The Hall–Kier alpha value is -0.0500. The number of carbonyl (C=O) groups is 1. The molecule has 0 aromatic rings. The molecule has 0 saturated carbocycles. The van der Waals surface area contributed by atoms with Gasteiger partial charge in [0.15, 0.2) is 0 Å². The van der Waals surface area contributed by atoms with Crippen LogP contribution in [0, 0.1) is 5.92 Å². The van der Waals surface area contributed by atoms with Crippen LogP contribution in [0.3, 0.4) is 0 Å². The highest BCUT2D eigenvalue weighted by molar-refractivity contribution is 9.09. The fourth-order valence-electron chi connectivity index (χ4n) is 2.24. The number of halogens is 1. The van der Waals surface area contributed by atoms with Crippen molar-refractivity contribution in [1.82, 2.24) is 4.90 Å². The first-order valence-corrected chi connectivity index (χ1v) is 7.12. The number of nitrogens with zero attached hydrogens (tertiary/aromatic N) is 1. The largest absolute Gasteiger partial charge is 0.340 e. The Morgan fingerprint density at radius 3 is 2.87 bits per heavy atom. The maximum atomic E-state index is 11.9. The highest BCUT2D eigenvalue weighted by Crippen LogP contribution is 2.23. The number of likely N-dealkylation sites (tertiary alicyclic amines) is 1. The van der Waals surface area contributed by atoms with Crippen LogP contribution in [0.1, 0.15) is 46.0 Å². The van der Waals surface area contributed by atoms with Crippen molar-refractivity contribution in [3.8, 4) is 0 Å². The van der Waals surface area contributed by atoms with E-state index in [0.717, 1.165) is 18.3 Å². The van der Waals surface area contributed by atoms with E-state index in [4.69, 9.17) is 0 Å².